The third kappa shape index (κ3) is 3.25. The summed E-state index contributed by atoms with van der Waals surface area (Å²) >= 11 is 0. The number of ether oxygens (including phenoxy) is 1. The van der Waals surface area contributed by atoms with Crippen molar-refractivity contribution >= 4 is 11.8 Å². The van der Waals surface area contributed by atoms with E-state index in [9.17, 15) is 4.79 Å². The van der Waals surface area contributed by atoms with E-state index in [1.165, 1.54) is 6.33 Å². The molecular formula is C14H15N5O2. The Bertz CT molecular complexity index is 611. The lowest BCUT2D eigenvalue weighted by Gasteiger charge is -2.38. The monoisotopic (exact) mass is 285 g/mol. The number of hydrogen-bond donors (Lipinski definition) is 1. The number of nitrogens with one attached hydrogen (secondary N) is 1. The molecule has 0 bridgehead atoms. The standard InChI is InChI=1S/C14H15N5O2/c1-10-2-3-13(16-6-10)21-11-7-19(8-11)14(20)18-12-4-5-15-9-17-12/h2-6,9,11H,7-8H2,1H3,(H,15,17,18,20). The number of carbonyl (C=O) groups excluding carboxylic acids is 1. The maximum atomic E-state index is 11.9. The number of likely N-dealkylation sites (tertiary alicyclic amines) is 1. The summed E-state index contributed by atoms with van der Waals surface area (Å²) in [6.45, 7) is 3.04. The zero-order chi connectivity index (χ0) is 14.7. The van der Waals surface area contributed by atoms with Crippen molar-refractivity contribution in [1.29, 1.82) is 0 Å². The molecule has 1 fully saturated rings. The van der Waals surface area contributed by atoms with Gasteiger partial charge in [-0.3, -0.25) is 5.32 Å². The zero-order valence-corrected chi connectivity index (χ0v) is 11.6. The van der Waals surface area contributed by atoms with Gasteiger partial charge in [-0.05, 0) is 18.6 Å². The molecule has 0 radical (unpaired) electrons. The molecule has 7 nitrogen and oxygen atoms in total. The molecule has 0 spiro atoms. The number of aromatic nitrogens is 3. The molecule has 1 N–H and O–H groups in total. The minimum atomic E-state index is -0.189. The highest BCUT2D eigenvalue weighted by atomic mass is 16.5. The van der Waals surface area contributed by atoms with Gasteiger partial charge in [-0.15, -0.1) is 0 Å². The van der Waals surface area contributed by atoms with Crippen molar-refractivity contribution in [2.45, 2.75) is 13.0 Å². The SMILES string of the molecule is Cc1ccc(OC2CN(C(=O)Nc3ccncn3)C2)nc1. The highest BCUT2D eigenvalue weighted by molar-refractivity contribution is 5.88. The molecule has 0 saturated carbocycles. The van der Waals surface area contributed by atoms with Gasteiger partial charge in [0.15, 0.2) is 0 Å². The van der Waals surface area contributed by atoms with Crippen molar-refractivity contribution in [3.8, 4) is 5.88 Å². The van der Waals surface area contributed by atoms with E-state index in [1.807, 2.05) is 19.1 Å². The molecule has 0 unspecified atom stereocenters. The summed E-state index contributed by atoms with van der Waals surface area (Å²) in [6.07, 6.45) is 4.71. The largest absolute Gasteiger partial charge is 0.471 e. The van der Waals surface area contributed by atoms with Gasteiger partial charge in [0.25, 0.3) is 0 Å². The second-order valence-corrected chi connectivity index (χ2v) is 4.84. The summed E-state index contributed by atoms with van der Waals surface area (Å²) in [6, 6.07) is 5.23. The van der Waals surface area contributed by atoms with Gasteiger partial charge in [0.05, 0.1) is 13.1 Å². The van der Waals surface area contributed by atoms with Crippen LogP contribution in [0, 0.1) is 6.92 Å². The van der Waals surface area contributed by atoms with E-state index in [1.54, 1.807) is 23.4 Å². The van der Waals surface area contributed by atoms with E-state index in [0.717, 1.165) is 5.56 Å². The quantitative estimate of drug-likeness (QED) is 0.923. The number of anilines is 1. The van der Waals surface area contributed by atoms with Crippen LogP contribution in [0.15, 0.2) is 36.9 Å². The first-order valence-corrected chi connectivity index (χ1v) is 6.62. The van der Waals surface area contributed by atoms with Gasteiger partial charge in [-0.25, -0.2) is 19.7 Å². The molecule has 0 aromatic carbocycles. The Morgan fingerprint density at radius 2 is 2.19 bits per heavy atom. The average Bonchev–Trinajstić information content (AvgIpc) is 2.45. The minimum Gasteiger partial charge on any atom is -0.471 e. The van der Waals surface area contributed by atoms with Crippen molar-refractivity contribution in [2.75, 3.05) is 18.4 Å². The summed E-state index contributed by atoms with van der Waals surface area (Å²) in [5, 5.41) is 2.70. The number of urea groups is 1. The predicted molar refractivity (Wildman–Crippen MR) is 76.0 cm³/mol. The number of amides is 2. The van der Waals surface area contributed by atoms with E-state index in [-0.39, 0.29) is 12.1 Å². The van der Waals surface area contributed by atoms with Gasteiger partial charge in [-0.1, -0.05) is 6.07 Å². The van der Waals surface area contributed by atoms with Gasteiger partial charge in [0.2, 0.25) is 5.88 Å². The summed E-state index contributed by atoms with van der Waals surface area (Å²) < 4.78 is 5.68. The van der Waals surface area contributed by atoms with E-state index in [2.05, 4.69) is 20.3 Å². The number of carbonyl (C=O) groups is 1. The predicted octanol–water partition coefficient (Wildman–Crippen LogP) is 1.48. The van der Waals surface area contributed by atoms with Crippen molar-refractivity contribution in [2.24, 2.45) is 0 Å². The molecular weight excluding hydrogens is 270 g/mol. The molecule has 1 aliphatic rings. The topological polar surface area (TPSA) is 80.2 Å². The van der Waals surface area contributed by atoms with Crippen LogP contribution in [0.25, 0.3) is 0 Å². The molecule has 0 aliphatic carbocycles. The number of hydrogen-bond acceptors (Lipinski definition) is 5. The first kappa shape index (κ1) is 13.3. The fourth-order valence-corrected chi connectivity index (χ4v) is 1.93. The summed E-state index contributed by atoms with van der Waals surface area (Å²) in [7, 11) is 0. The fourth-order valence-electron chi connectivity index (χ4n) is 1.93. The Kier molecular flexibility index (Phi) is 3.63. The smallest absolute Gasteiger partial charge is 0.323 e. The van der Waals surface area contributed by atoms with Gasteiger partial charge in [-0.2, -0.15) is 0 Å². The van der Waals surface area contributed by atoms with Crippen LogP contribution in [0.5, 0.6) is 5.88 Å². The first-order valence-electron chi connectivity index (χ1n) is 6.62. The molecule has 2 aromatic rings. The normalized spacial score (nSPS) is 14.4. The highest BCUT2D eigenvalue weighted by Crippen LogP contribution is 2.17. The number of pyridine rings is 1. The lowest BCUT2D eigenvalue weighted by atomic mass is 10.2. The first-order chi connectivity index (χ1) is 10.2. The third-order valence-corrected chi connectivity index (χ3v) is 3.12. The molecule has 3 rings (SSSR count). The lowest BCUT2D eigenvalue weighted by Crippen LogP contribution is -2.57. The van der Waals surface area contributed by atoms with Gasteiger partial charge < -0.3 is 9.64 Å². The number of aryl methyl sites for hydroxylation is 1. The summed E-state index contributed by atoms with van der Waals surface area (Å²) in [4.78, 5) is 25.5. The van der Waals surface area contributed by atoms with Crippen LogP contribution in [0.3, 0.4) is 0 Å². The van der Waals surface area contributed by atoms with Gasteiger partial charge >= 0.3 is 6.03 Å². The van der Waals surface area contributed by atoms with Crippen molar-refractivity contribution in [1.82, 2.24) is 19.9 Å². The molecule has 21 heavy (non-hydrogen) atoms. The molecule has 2 amide bonds. The maximum Gasteiger partial charge on any atom is 0.323 e. The number of rotatable bonds is 3. The summed E-state index contributed by atoms with van der Waals surface area (Å²) in [5.41, 5.74) is 1.09. The Labute approximate surface area is 122 Å². The van der Waals surface area contributed by atoms with Crippen LogP contribution in [-0.2, 0) is 0 Å². The summed E-state index contributed by atoms with van der Waals surface area (Å²) in [5.74, 6) is 1.07. The third-order valence-electron chi connectivity index (χ3n) is 3.12. The average molecular weight is 285 g/mol. The Morgan fingerprint density at radius 3 is 2.86 bits per heavy atom. The van der Waals surface area contributed by atoms with Gasteiger partial charge in [0, 0.05) is 18.5 Å². The van der Waals surface area contributed by atoms with Crippen molar-refractivity contribution in [3.63, 3.8) is 0 Å². The van der Waals surface area contributed by atoms with E-state index >= 15 is 0 Å². The lowest BCUT2D eigenvalue weighted by molar-refractivity contribution is 0.0460. The van der Waals surface area contributed by atoms with Crippen molar-refractivity contribution < 1.29 is 9.53 Å². The molecule has 2 aromatic heterocycles. The number of nitrogens with zero attached hydrogens (tertiary/aromatic N) is 4. The van der Waals surface area contributed by atoms with E-state index in [4.69, 9.17) is 4.74 Å². The molecule has 7 heteroatoms. The Balaban J connectivity index is 1.47. The Hall–Kier alpha value is -2.70. The van der Waals surface area contributed by atoms with Crippen LogP contribution < -0.4 is 10.1 Å². The fraction of sp³-hybridized carbons (Fsp3) is 0.286. The van der Waals surface area contributed by atoms with Crippen molar-refractivity contribution in [3.05, 3.63) is 42.5 Å². The maximum absolute atomic E-state index is 11.9. The van der Waals surface area contributed by atoms with Crippen LogP contribution in [-0.4, -0.2) is 45.1 Å². The molecule has 108 valence electrons. The molecule has 1 saturated heterocycles. The van der Waals surface area contributed by atoms with Crippen LogP contribution in [0.4, 0.5) is 10.6 Å². The second-order valence-electron chi connectivity index (χ2n) is 4.84. The second kappa shape index (κ2) is 5.74. The molecule has 0 atom stereocenters. The van der Waals surface area contributed by atoms with Gasteiger partial charge in [0.1, 0.15) is 18.2 Å². The van der Waals surface area contributed by atoms with Crippen LogP contribution in [0.1, 0.15) is 5.56 Å². The Morgan fingerprint density at radius 1 is 1.33 bits per heavy atom. The van der Waals surface area contributed by atoms with E-state index < -0.39 is 0 Å². The minimum absolute atomic E-state index is 0.0173. The zero-order valence-electron chi connectivity index (χ0n) is 11.6. The van der Waals surface area contributed by atoms with E-state index in [0.29, 0.717) is 24.8 Å². The van der Waals surface area contributed by atoms with Crippen LogP contribution >= 0.6 is 0 Å². The molecule has 3 heterocycles. The highest BCUT2D eigenvalue weighted by Gasteiger charge is 2.32. The molecule has 1 aliphatic heterocycles. The van der Waals surface area contributed by atoms with Crippen LogP contribution in [0.2, 0.25) is 0 Å².